The summed E-state index contributed by atoms with van der Waals surface area (Å²) in [7, 11) is 3.80. The molecule has 1 aliphatic heterocycles. The standard InChI is InChI=1S/C43H64N2O5S2/c1-40(2)21-29(45-15-14-44-25-45)24-52-51-23-28-17-32-30(36(46)18-31(40)26-10-6-5-7-11-26)13-9-8-12-27-16-33-34(43(28,50)42(27,32)4)19-37(47)35-20-38(48)39(49)22-41(33,35)3/h14-15,19,25,27-30,32-33,35-36,38-39,46,48-50H,5-13,16-18,20-24H2,1-4H3. The molecule has 0 aromatic carbocycles. The van der Waals surface area contributed by atoms with Gasteiger partial charge in [0.05, 0.1) is 30.2 Å². The van der Waals surface area contributed by atoms with E-state index in [1.54, 1.807) is 5.57 Å². The number of nitrogens with zero attached hydrogens (tertiary/aromatic N) is 2. The Balaban J connectivity index is 1.24. The van der Waals surface area contributed by atoms with Crippen LogP contribution >= 0.6 is 21.6 Å². The molecule has 2 heterocycles. The number of aromatic nitrogens is 2. The molecule has 4 N–H and O–H groups in total. The largest absolute Gasteiger partial charge is 0.392 e. The Morgan fingerprint density at radius 2 is 1.58 bits per heavy atom. The number of carbonyl (C=O) groups is 1. The fourth-order valence-corrected chi connectivity index (χ4v) is 16.5. The first-order chi connectivity index (χ1) is 24.8. The third kappa shape index (κ3) is 5.99. The first-order valence-electron chi connectivity index (χ1n) is 20.7. The van der Waals surface area contributed by atoms with Crippen LogP contribution in [0.25, 0.3) is 0 Å². The minimum Gasteiger partial charge on any atom is -0.392 e. The van der Waals surface area contributed by atoms with Crippen molar-refractivity contribution in [3.05, 3.63) is 41.5 Å². The second kappa shape index (κ2) is 14.1. The van der Waals surface area contributed by atoms with Crippen molar-refractivity contribution in [1.82, 2.24) is 9.55 Å². The normalized spacial score (nSPS) is 47.0. The van der Waals surface area contributed by atoms with E-state index in [1.807, 2.05) is 40.2 Å². The Morgan fingerprint density at radius 3 is 2.33 bits per heavy atom. The van der Waals surface area contributed by atoms with Crippen LogP contribution in [-0.2, 0) is 4.79 Å². The Labute approximate surface area is 319 Å². The zero-order chi connectivity index (χ0) is 36.6. The third-order valence-electron chi connectivity index (χ3n) is 16.5. The van der Waals surface area contributed by atoms with E-state index in [0.717, 1.165) is 74.9 Å². The molecule has 5 saturated carbocycles. The molecule has 13 unspecified atom stereocenters. The van der Waals surface area contributed by atoms with Crippen LogP contribution in [0, 0.1) is 51.8 Å². The Bertz CT molecular complexity index is 1550. The average molecular weight is 753 g/mol. The summed E-state index contributed by atoms with van der Waals surface area (Å²) in [6.45, 7) is 9.38. The number of imidazole rings is 1. The summed E-state index contributed by atoms with van der Waals surface area (Å²) in [4.78, 5) is 18.6. The van der Waals surface area contributed by atoms with Crippen LogP contribution in [-0.4, -0.2) is 71.2 Å². The fourth-order valence-electron chi connectivity index (χ4n) is 13.7. The minimum atomic E-state index is -1.17. The maximum atomic E-state index is 14.2. The van der Waals surface area contributed by atoms with Crippen LogP contribution in [0.3, 0.4) is 0 Å². The van der Waals surface area contributed by atoms with Crippen molar-refractivity contribution in [3.63, 3.8) is 0 Å². The zero-order valence-corrected chi connectivity index (χ0v) is 33.6. The summed E-state index contributed by atoms with van der Waals surface area (Å²) in [5.74, 6) is 1.82. The summed E-state index contributed by atoms with van der Waals surface area (Å²) in [6.07, 6.45) is 19.9. The Kier molecular flexibility index (Phi) is 10.3. The van der Waals surface area contributed by atoms with Gasteiger partial charge >= 0.3 is 0 Å². The van der Waals surface area contributed by atoms with Gasteiger partial charge in [0.2, 0.25) is 0 Å². The molecular weight excluding hydrogens is 689 g/mol. The molecule has 1 aromatic heterocycles. The van der Waals surface area contributed by atoms with Crippen LogP contribution in [0.4, 0.5) is 0 Å². The molecule has 6 aliphatic carbocycles. The molecule has 288 valence electrons. The summed E-state index contributed by atoms with van der Waals surface area (Å²) < 4.78 is 2.28. The highest BCUT2D eigenvalue weighted by atomic mass is 33.1. The van der Waals surface area contributed by atoms with E-state index in [4.69, 9.17) is 0 Å². The predicted octanol–water partition coefficient (Wildman–Crippen LogP) is 8.09. The summed E-state index contributed by atoms with van der Waals surface area (Å²) in [5.41, 5.74) is 1.74. The topological polar surface area (TPSA) is 116 Å². The van der Waals surface area contributed by atoms with Gasteiger partial charge in [-0.1, -0.05) is 79.7 Å². The van der Waals surface area contributed by atoms with E-state index in [0.29, 0.717) is 12.8 Å². The van der Waals surface area contributed by atoms with Crippen LogP contribution in [0.15, 0.2) is 41.5 Å². The molecule has 52 heavy (non-hydrogen) atoms. The molecule has 8 rings (SSSR count). The Morgan fingerprint density at radius 1 is 0.827 bits per heavy atom. The lowest BCUT2D eigenvalue weighted by atomic mass is 9.42. The smallest absolute Gasteiger partial charge is 0.159 e. The number of hydrogen-bond acceptors (Lipinski definition) is 8. The highest BCUT2D eigenvalue weighted by Crippen LogP contribution is 2.73. The second-order valence-corrected chi connectivity index (χ2v) is 21.9. The molecule has 0 spiro atoms. The molecule has 1 aromatic rings. The molecule has 2 bridgehead atoms. The van der Waals surface area contributed by atoms with E-state index in [2.05, 4.69) is 43.4 Å². The van der Waals surface area contributed by atoms with Crippen LogP contribution in [0.2, 0.25) is 0 Å². The molecule has 9 heteroatoms. The number of allylic oxidation sites excluding steroid dienone is 2. The second-order valence-electron chi connectivity index (χ2n) is 19.4. The summed E-state index contributed by atoms with van der Waals surface area (Å²) in [6, 6.07) is 0.254. The molecule has 1 saturated heterocycles. The number of rotatable bonds is 1. The monoisotopic (exact) mass is 752 g/mol. The van der Waals surface area contributed by atoms with E-state index in [9.17, 15) is 25.2 Å². The van der Waals surface area contributed by atoms with E-state index < -0.39 is 34.7 Å². The van der Waals surface area contributed by atoms with E-state index >= 15 is 0 Å². The van der Waals surface area contributed by atoms with Gasteiger partial charge in [-0.25, -0.2) is 4.98 Å². The molecule has 0 amide bonds. The summed E-state index contributed by atoms with van der Waals surface area (Å²) in [5, 5.41) is 48.4. The van der Waals surface area contributed by atoms with Crippen molar-refractivity contribution in [2.45, 2.75) is 154 Å². The van der Waals surface area contributed by atoms with Gasteiger partial charge in [0.1, 0.15) is 0 Å². The van der Waals surface area contributed by atoms with Gasteiger partial charge in [-0.3, -0.25) is 4.79 Å². The van der Waals surface area contributed by atoms with Crippen molar-refractivity contribution in [2.24, 2.45) is 51.8 Å². The number of ketones is 1. The van der Waals surface area contributed by atoms with Gasteiger partial charge in [0.15, 0.2) is 5.78 Å². The number of hydrogen-bond donors (Lipinski definition) is 4. The number of fused-ring (bicyclic) bond motifs is 6. The lowest BCUT2D eigenvalue weighted by Crippen LogP contribution is -2.65. The van der Waals surface area contributed by atoms with Crippen LogP contribution in [0.5, 0.6) is 0 Å². The quantitative estimate of drug-likeness (QED) is 0.168. The maximum Gasteiger partial charge on any atom is 0.159 e. The van der Waals surface area contributed by atoms with Crippen LogP contribution in [0.1, 0.15) is 130 Å². The van der Waals surface area contributed by atoms with Crippen molar-refractivity contribution in [3.8, 4) is 0 Å². The van der Waals surface area contributed by atoms with Crippen molar-refractivity contribution >= 4 is 27.4 Å². The molecular formula is C43H64N2O5S2. The SMILES string of the molecule is CC1(C)CC(n2ccnc2)CSSCC2CC3C(CCCCC4CC5C(=CC(=O)C6CC(O)C(O)CC65C)C2(O)C43C)C(O)CC1=C1CCCCC1. The van der Waals surface area contributed by atoms with Gasteiger partial charge in [0.25, 0.3) is 0 Å². The van der Waals surface area contributed by atoms with Crippen molar-refractivity contribution < 1.29 is 25.2 Å². The lowest BCUT2D eigenvalue weighted by molar-refractivity contribution is -0.177. The highest BCUT2D eigenvalue weighted by molar-refractivity contribution is 8.76. The van der Waals surface area contributed by atoms with E-state index in [1.165, 1.54) is 24.8 Å². The lowest BCUT2D eigenvalue weighted by Gasteiger charge is -2.64. The first kappa shape index (κ1) is 37.8. The van der Waals surface area contributed by atoms with Gasteiger partial charge in [0, 0.05) is 47.2 Å². The third-order valence-corrected chi connectivity index (χ3v) is 19.0. The van der Waals surface area contributed by atoms with E-state index in [-0.39, 0.29) is 59.2 Å². The van der Waals surface area contributed by atoms with Gasteiger partial charge in [-0.15, -0.1) is 0 Å². The van der Waals surface area contributed by atoms with Gasteiger partial charge in [-0.2, -0.15) is 0 Å². The number of aliphatic hydroxyl groups is 4. The predicted molar refractivity (Wildman–Crippen MR) is 209 cm³/mol. The fraction of sp³-hybridized carbons (Fsp3) is 0.814. The highest BCUT2D eigenvalue weighted by Gasteiger charge is 2.73. The molecule has 0 radical (unpaired) electrons. The maximum absolute atomic E-state index is 14.2. The number of aliphatic hydroxyl groups excluding tert-OH is 3. The van der Waals surface area contributed by atoms with Gasteiger partial charge < -0.3 is 25.0 Å². The molecule has 13 atom stereocenters. The van der Waals surface area contributed by atoms with Crippen molar-refractivity contribution in [1.29, 1.82) is 0 Å². The Hall–Kier alpha value is -1.10. The molecule has 7 nitrogen and oxygen atoms in total. The zero-order valence-electron chi connectivity index (χ0n) is 32.0. The van der Waals surface area contributed by atoms with Crippen LogP contribution < -0.4 is 0 Å². The minimum absolute atomic E-state index is 0.0155. The average Bonchev–Trinajstić information content (AvgIpc) is 3.72. The number of carbonyl (C=O) groups excluding carboxylic acids is 1. The first-order valence-corrected chi connectivity index (χ1v) is 23.2. The molecule has 7 aliphatic rings. The van der Waals surface area contributed by atoms with Gasteiger partial charge in [-0.05, 0) is 123 Å². The summed E-state index contributed by atoms with van der Waals surface area (Å²) >= 11 is 0. The molecule has 6 fully saturated rings. The van der Waals surface area contributed by atoms with Crippen molar-refractivity contribution in [2.75, 3.05) is 11.5 Å².